The molecule has 2 aromatic rings. The number of benzene rings is 1. The Labute approximate surface area is 140 Å². The smallest absolute Gasteiger partial charge is 0.342 e. The fraction of sp³-hybridized carbons (Fsp3) is 0.133. The summed E-state index contributed by atoms with van der Waals surface area (Å²) in [5, 5.41) is 0. The number of rotatable bonds is 4. The molecule has 0 aliphatic rings. The molecule has 0 radical (unpaired) electrons. The summed E-state index contributed by atoms with van der Waals surface area (Å²) in [7, 11) is 0. The number of hydrogen-bond acceptors (Lipinski definition) is 5. The lowest BCUT2D eigenvalue weighted by atomic mass is 10.2. The zero-order chi connectivity index (χ0) is 16.8. The lowest BCUT2D eigenvalue weighted by Gasteiger charge is -2.08. The summed E-state index contributed by atoms with van der Waals surface area (Å²) in [5.74, 6) is -1.44. The molecule has 0 fully saturated rings. The van der Waals surface area contributed by atoms with Gasteiger partial charge in [-0.1, -0.05) is 12.1 Å². The Bertz CT molecular complexity index is 741. The molecule has 8 heteroatoms. The number of aryl methyl sites for hydroxylation is 1. The van der Waals surface area contributed by atoms with Crippen molar-refractivity contribution in [1.29, 1.82) is 0 Å². The summed E-state index contributed by atoms with van der Waals surface area (Å²) in [6, 6.07) is 8.19. The second-order valence-electron chi connectivity index (χ2n) is 4.45. The number of nitrogens with one attached hydrogen (secondary N) is 2. The van der Waals surface area contributed by atoms with Crippen molar-refractivity contribution in [3.8, 4) is 0 Å². The molecule has 2 amide bonds. The van der Waals surface area contributed by atoms with Crippen molar-refractivity contribution in [2.45, 2.75) is 6.92 Å². The van der Waals surface area contributed by atoms with E-state index in [0.29, 0.717) is 15.8 Å². The second kappa shape index (κ2) is 7.59. The van der Waals surface area contributed by atoms with Crippen LogP contribution in [0.2, 0.25) is 0 Å². The lowest BCUT2D eigenvalue weighted by Crippen LogP contribution is -2.43. The monoisotopic (exact) mass is 380 g/mol. The first-order chi connectivity index (χ1) is 11.0. The summed E-state index contributed by atoms with van der Waals surface area (Å²) in [6.45, 7) is 1.08. The summed E-state index contributed by atoms with van der Waals surface area (Å²) < 4.78 is 10.4. The lowest BCUT2D eigenvalue weighted by molar-refractivity contribution is -0.125. The highest BCUT2D eigenvalue weighted by atomic mass is 79.9. The first kappa shape index (κ1) is 16.8. The van der Waals surface area contributed by atoms with Crippen LogP contribution in [0.25, 0.3) is 0 Å². The molecule has 1 aromatic carbocycles. The molecule has 0 aliphatic heterocycles. The minimum atomic E-state index is -0.677. The van der Waals surface area contributed by atoms with Crippen LogP contribution in [0, 0.1) is 6.92 Å². The summed E-state index contributed by atoms with van der Waals surface area (Å²) in [5.41, 5.74) is 5.00. The van der Waals surface area contributed by atoms with Crippen molar-refractivity contribution in [1.82, 2.24) is 10.9 Å². The van der Waals surface area contributed by atoms with Gasteiger partial charge in [-0.05, 0) is 41.1 Å². The Kier molecular flexibility index (Phi) is 5.53. The minimum absolute atomic E-state index is 0.245. The molecular weight excluding hydrogens is 368 g/mol. The zero-order valence-electron chi connectivity index (χ0n) is 12.1. The van der Waals surface area contributed by atoms with Gasteiger partial charge in [0.2, 0.25) is 0 Å². The number of esters is 1. The van der Waals surface area contributed by atoms with E-state index in [1.165, 1.54) is 12.3 Å². The number of amides is 2. The molecule has 0 aliphatic carbocycles. The van der Waals surface area contributed by atoms with Crippen molar-refractivity contribution in [3.63, 3.8) is 0 Å². The fourth-order valence-corrected chi connectivity index (χ4v) is 2.15. The molecule has 0 saturated carbocycles. The van der Waals surface area contributed by atoms with Crippen LogP contribution in [-0.4, -0.2) is 24.4 Å². The van der Waals surface area contributed by atoms with E-state index in [0.717, 1.165) is 0 Å². The third kappa shape index (κ3) is 4.43. The summed E-state index contributed by atoms with van der Waals surface area (Å²) >= 11 is 3.23. The molecule has 1 aromatic heterocycles. The number of furan rings is 1. The number of carbonyl (C=O) groups is 3. The standard InChI is InChI=1S/C15H13BrN2O5/c1-9-10(6-7-22-9)15(21)23-8-13(19)17-18-14(20)11-4-2-3-5-12(11)16/h2-7H,8H2,1H3,(H,17,19)(H,18,20). The van der Waals surface area contributed by atoms with Crippen LogP contribution in [0.5, 0.6) is 0 Å². The maximum atomic E-state index is 11.9. The van der Waals surface area contributed by atoms with Gasteiger partial charge in [-0.15, -0.1) is 0 Å². The van der Waals surface area contributed by atoms with Crippen molar-refractivity contribution >= 4 is 33.7 Å². The van der Waals surface area contributed by atoms with E-state index in [1.54, 1.807) is 31.2 Å². The highest BCUT2D eigenvalue weighted by Crippen LogP contribution is 2.15. The Balaban J connectivity index is 1.79. The molecule has 0 saturated heterocycles. The maximum absolute atomic E-state index is 11.9. The fourth-order valence-electron chi connectivity index (χ4n) is 1.68. The first-order valence-corrected chi connectivity index (χ1v) is 7.33. The largest absolute Gasteiger partial charge is 0.469 e. The molecule has 0 spiro atoms. The van der Waals surface area contributed by atoms with Crippen LogP contribution in [0.1, 0.15) is 26.5 Å². The quantitative estimate of drug-likeness (QED) is 0.624. The molecular formula is C15H13BrN2O5. The van der Waals surface area contributed by atoms with Crippen LogP contribution in [0.15, 0.2) is 45.5 Å². The molecule has 1 heterocycles. The van der Waals surface area contributed by atoms with E-state index in [1.807, 2.05) is 0 Å². The third-order valence-corrected chi connectivity index (χ3v) is 3.54. The molecule has 0 bridgehead atoms. The second-order valence-corrected chi connectivity index (χ2v) is 5.30. The SMILES string of the molecule is Cc1occc1C(=O)OCC(=O)NNC(=O)c1ccccc1Br. The van der Waals surface area contributed by atoms with E-state index in [-0.39, 0.29) is 5.56 Å². The molecule has 120 valence electrons. The van der Waals surface area contributed by atoms with Crippen LogP contribution in [0.3, 0.4) is 0 Å². The number of ether oxygens (including phenoxy) is 1. The Morgan fingerprint density at radius 3 is 2.52 bits per heavy atom. The Morgan fingerprint density at radius 1 is 1.13 bits per heavy atom. The number of hydrogen-bond donors (Lipinski definition) is 2. The van der Waals surface area contributed by atoms with Crippen molar-refractivity contribution in [3.05, 3.63) is 58.0 Å². The molecule has 23 heavy (non-hydrogen) atoms. The van der Waals surface area contributed by atoms with Gasteiger partial charge in [0.1, 0.15) is 11.3 Å². The van der Waals surface area contributed by atoms with Gasteiger partial charge in [-0.3, -0.25) is 20.4 Å². The average molecular weight is 381 g/mol. The molecule has 0 unspecified atom stereocenters. The summed E-state index contributed by atoms with van der Waals surface area (Å²) in [4.78, 5) is 35.1. The van der Waals surface area contributed by atoms with Gasteiger partial charge in [-0.25, -0.2) is 4.79 Å². The van der Waals surface area contributed by atoms with E-state index in [9.17, 15) is 14.4 Å². The summed E-state index contributed by atoms with van der Waals surface area (Å²) in [6.07, 6.45) is 1.35. The predicted octanol–water partition coefficient (Wildman–Crippen LogP) is 1.97. The highest BCUT2D eigenvalue weighted by molar-refractivity contribution is 9.10. The van der Waals surface area contributed by atoms with Crippen molar-refractivity contribution < 1.29 is 23.5 Å². The first-order valence-electron chi connectivity index (χ1n) is 6.54. The van der Waals surface area contributed by atoms with E-state index in [2.05, 4.69) is 26.8 Å². The van der Waals surface area contributed by atoms with Crippen LogP contribution >= 0.6 is 15.9 Å². The molecule has 2 N–H and O–H groups in total. The topological polar surface area (TPSA) is 97.6 Å². The highest BCUT2D eigenvalue weighted by Gasteiger charge is 2.15. The van der Waals surface area contributed by atoms with Gasteiger partial charge < -0.3 is 9.15 Å². The molecule has 0 atom stereocenters. The zero-order valence-corrected chi connectivity index (χ0v) is 13.7. The Hall–Kier alpha value is -2.61. The Morgan fingerprint density at radius 2 is 1.87 bits per heavy atom. The van der Waals surface area contributed by atoms with E-state index < -0.39 is 24.4 Å². The van der Waals surface area contributed by atoms with Crippen LogP contribution in [-0.2, 0) is 9.53 Å². The number of hydrazine groups is 1. The predicted molar refractivity (Wildman–Crippen MR) is 83.5 cm³/mol. The maximum Gasteiger partial charge on any atom is 0.342 e. The normalized spacial score (nSPS) is 10.0. The van der Waals surface area contributed by atoms with Crippen LogP contribution < -0.4 is 10.9 Å². The molecule has 2 rings (SSSR count). The van der Waals surface area contributed by atoms with Gasteiger partial charge >= 0.3 is 5.97 Å². The van der Waals surface area contributed by atoms with Gasteiger partial charge in [0.05, 0.1) is 11.8 Å². The minimum Gasteiger partial charge on any atom is -0.469 e. The average Bonchev–Trinajstić information content (AvgIpc) is 2.97. The van der Waals surface area contributed by atoms with Crippen LogP contribution in [0.4, 0.5) is 0 Å². The molecule has 7 nitrogen and oxygen atoms in total. The van der Waals surface area contributed by atoms with E-state index >= 15 is 0 Å². The van der Waals surface area contributed by atoms with Gasteiger partial charge in [0, 0.05) is 4.47 Å². The number of halogens is 1. The van der Waals surface area contributed by atoms with Crippen molar-refractivity contribution in [2.24, 2.45) is 0 Å². The number of carbonyl (C=O) groups excluding carboxylic acids is 3. The van der Waals surface area contributed by atoms with Gasteiger partial charge in [0.25, 0.3) is 11.8 Å². The third-order valence-electron chi connectivity index (χ3n) is 2.85. The van der Waals surface area contributed by atoms with E-state index in [4.69, 9.17) is 9.15 Å². The van der Waals surface area contributed by atoms with Gasteiger partial charge in [0.15, 0.2) is 6.61 Å². The van der Waals surface area contributed by atoms with Crippen molar-refractivity contribution in [2.75, 3.05) is 6.61 Å². The van der Waals surface area contributed by atoms with Gasteiger partial charge in [-0.2, -0.15) is 0 Å².